The molecule has 0 fully saturated rings. The Balaban J connectivity index is 2.25. The van der Waals surface area contributed by atoms with Gasteiger partial charge in [0.2, 0.25) is 0 Å². The molecule has 3 nitrogen and oxygen atoms in total. The fraction of sp³-hybridized carbons (Fsp3) is 0.200. The van der Waals surface area contributed by atoms with E-state index in [1.807, 2.05) is 0 Å². The molecule has 0 spiro atoms. The Kier molecular flexibility index (Phi) is 5.28. The first-order chi connectivity index (χ1) is 10.0. The molecule has 2 N–H and O–H groups in total. The fourth-order valence-corrected chi connectivity index (χ4v) is 2.32. The Labute approximate surface area is 132 Å². The average molecular weight is 330 g/mol. The minimum absolute atomic E-state index is 0.00948. The first-order valence-electron chi connectivity index (χ1n) is 6.18. The second-order valence-corrected chi connectivity index (χ2v) is 5.18. The minimum atomic E-state index is -0.395. The number of rotatable bonds is 5. The molecule has 0 heterocycles. The zero-order valence-electron chi connectivity index (χ0n) is 11.3. The molecule has 21 heavy (non-hydrogen) atoms. The van der Waals surface area contributed by atoms with Crippen LogP contribution in [0.15, 0.2) is 30.3 Å². The van der Waals surface area contributed by atoms with Gasteiger partial charge >= 0.3 is 0 Å². The molecule has 0 aliphatic carbocycles. The molecule has 0 saturated heterocycles. The van der Waals surface area contributed by atoms with Crippen molar-refractivity contribution in [3.05, 3.63) is 57.3 Å². The van der Waals surface area contributed by atoms with Crippen LogP contribution in [0.1, 0.15) is 11.1 Å². The van der Waals surface area contributed by atoms with Gasteiger partial charge in [-0.15, -0.1) is 0 Å². The summed E-state index contributed by atoms with van der Waals surface area (Å²) >= 11 is 12.0. The van der Waals surface area contributed by atoms with Crippen molar-refractivity contribution in [2.45, 2.75) is 13.2 Å². The maximum absolute atomic E-state index is 13.7. The van der Waals surface area contributed by atoms with Gasteiger partial charge in [0.25, 0.3) is 0 Å². The number of hydrogen-bond donors (Lipinski definition) is 1. The summed E-state index contributed by atoms with van der Waals surface area (Å²) in [6.45, 7) is 0.323. The van der Waals surface area contributed by atoms with E-state index in [4.69, 9.17) is 38.4 Å². The molecule has 0 aliphatic heterocycles. The normalized spacial score (nSPS) is 10.5. The van der Waals surface area contributed by atoms with Crippen LogP contribution in [0.3, 0.4) is 0 Å². The van der Waals surface area contributed by atoms with Crippen LogP contribution in [-0.2, 0) is 13.2 Å². The van der Waals surface area contributed by atoms with Crippen molar-refractivity contribution >= 4 is 23.2 Å². The molecule has 0 atom stereocenters. The molecule has 112 valence electrons. The van der Waals surface area contributed by atoms with Crippen molar-refractivity contribution in [2.24, 2.45) is 5.73 Å². The molecule has 0 aliphatic rings. The van der Waals surface area contributed by atoms with Crippen molar-refractivity contribution in [1.82, 2.24) is 0 Å². The van der Waals surface area contributed by atoms with Crippen LogP contribution < -0.4 is 15.2 Å². The van der Waals surface area contributed by atoms with Gasteiger partial charge in [-0.05, 0) is 35.9 Å². The van der Waals surface area contributed by atoms with Crippen LogP contribution in [0.25, 0.3) is 0 Å². The number of nitrogens with two attached hydrogens (primary N) is 1. The highest BCUT2D eigenvalue weighted by Gasteiger charge is 2.13. The van der Waals surface area contributed by atoms with Gasteiger partial charge in [0.1, 0.15) is 12.4 Å². The summed E-state index contributed by atoms with van der Waals surface area (Å²) in [5.74, 6) is 0.397. The van der Waals surface area contributed by atoms with Crippen molar-refractivity contribution in [3.8, 4) is 11.5 Å². The quantitative estimate of drug-likeness (QED) is 0.894. The van der Waals surface area contributed by atoms with Crippen molar-refractivity contribution in [2.75, 3.05) is 7.11 Å². The van der Waals surface area contributed by atoms with Crippen LogP contribution in [0.5, 0.6) is 11.5 Å². The monoisotopic (exact) mass is 329 g/mol. The SMILES string of the molecule is COc1cc(CN)cc(Cl)c1OCc1cc(Cl)ccc1F. The summed E-state index contributed by atoms with van der Waals surface area (Å²) in [5.41, 5.74) is 6.73. The van der Waals surface area contributed by atoms with E-state index in [0.717, 1.165) is 5.56 Å². The molecule has 0 aromatic heterocycles. The van der Waals surface area contributed by atoms with E-state index in [0.29, 0.717) is 33.7 Å². The molecule has 0 unspecified atom stereocenters. The van der Waals surface area contributed by atoms with Gasteiger partial charge in [0.15, 0.2) is 11.5 Å². The largest absolute Gasteiger partial charge is 0.493 e. The van der Waals surface area contributed by atoms with Gasteiger partial charge in [-0.25, -0.2) is 4.39 Å². The first kappa shape index (κ1) is 15.9. The Bertz CT molecular complexity index is 650. The lowest BCUT2D eigenvalue weighted by Crippen LogP contribution is -2.03. The highest BCUT2D eigenvalue weighted by molar-refractivity contribution is 6.32. The predicted octanol–water partition coefficient (Wildman–Crippen LogP) is 4.18. The predicted molar refractivity (Wildman–Crippen MR) is 81.6 cm³/mol. The third kappa shape index (κ3) is 3.79. The number of methoxy groups -OCH3 is 1. The minimum Gasteiger partial charge on any atom is -0.493 e. The molecular formula is C15H14Cl2FNO2. The van der Waals surface area contributed by atoms with Crippen LogP contribution in [0.4, 0.5) is 4.39 Å². The topological polar surface area (TPSA) is 44.5 Å². The van der Waals surface area contributed by atoms with E-state index < -0.39 is 5.82 Å². The van der Waals surface area contributed by atoms with Gasteiger partial charge in [-0.3, -0.25) is 0 Å². The summed E-state index contributed by atoms with van der Waals surface area (Å²) in [7, 11) is 1.50. The number of ether oxygens (including phenoxy) is 2. The van der Waals surface area contributed by atoms with E-state index >= 15 is 0 Å². The molecule has 0 amide bonds. The highest BCUT2D eigenvalue weighted by atomic mass is 35.5. The van der Waals surface area contributed by atoms with Crippen LogP contribution in [0, 0.1) is 5.82 Å². The molecular weight excluding hydrogens is 316 g/mol. The lowest BCUT2D eigenvalue weighted by molar-refractivity contribution is 0.280. The molecule has 6 heteroatoms. The van der Waals surface area contributed by atoms with E-state index in [-0.39, 0.29) is 6.61 Å². The maximum Gasteiger partial charge on any atom is 0.180 e. The second-order valence-electron chi connectivity index (χ2n) is 4.34. The van der Waals surface area contributed by atoms with Gasteiger partial charge in [-0.1, -0.05) is 23.2 Å². The van der Waals surface area contributed by atoms with Crippen LogP contribution in [0.2, 0.25) is 10.0 Å². The third-order valence-electron chi connectivity index (χ3n) is 2.90. The standard InChI is InChI=1S/C15H14Cl2FNO2/c1-20-14-5-9(7-19)4-12(17)15(14)21-8-10-6-11(16)2-3-13(10)18/h2-6H,7-8,19H2,1H3. The van der Waals surface area contributed by atoms with Crippen molar-refractivity contribution in [1.29, 1.82) is 0 Å². The fourth-order valence-electron chi connectivity index (χ4n) is 1.84. The van der Waals surface area contributed by atoms with Crippen LogP contribution in [-0.4, -0.2) is 7.11 Å². The Morgan fingerprint density at radius 3 is 2.62 bits per heavy atom. The smallest absolute Gasteiger partial charge is 0.180 e. The number of halogens is 3. The number of benzene rings is 2. The summed E-state index contributed by atoms with van der Waals surface area (Å²) in [4.78, 5) is 0. The molecule has 2 aromatic carbocycles. The van der Waals surface area contributed by atoms with E-state index in [2.05, 4.69) is 0 Å². The highest BCUT2D eigenvalue weighted by Crippen LogP contribution is 2.37. The summed E-state index contributed by atoms with van der Waals surface area (Å²) < 4.78 is 24.5. The Morgan fingerprint density at radius 1 is 1.19 bits per heavy atom. The van der Waals surface area contributed by atoms with E-state index in [9.17, 15) is 4.39 Å². The average Bonchev–Trinajstić information content (AvgIpc) is 2.48. The summed E-state index contributed by atoms with van der Waals surface area (Å²) in [6.07, 6.45) is 0. The zero-order valence-corrected chi connectivity index (χ0v) is 12.8. The Morgan fingerprint density at radius 2 is 1.95 bits per heavy atom. The second kappa shape index (κ2) is 6.98. The molecule has 0 saturated carbocycles. The van der Waals surface area contributed by atoms with Crippen LogP contribution >= 0.6 is 23.2 Å². The zero-order chi connectivity index (χ0) is 15.4. The van der Waals surface area contributed by atoms with Crippen molar-refractivity contribution < 1.29 is 13.9 Å². The van der Waals surface area contributed by atoms with E-state index in [1.54, 1.807) is 12.1 Å². The third-order valence-corrected chi connectivity index (χ3v) is 3.42. The molecule has 0 radical (unpaired) electrons. The summed E-state index contributed by atoms with van der Waals surface area (Å²) in [6, 6.07) is 7.69. The summed E-state index contributed by atoms with van der Waals surface area (Å²) in [5, 5.41) is 0.795. The molecule has 0 bridgehead atoms. The number of hydrogen-bond acceptors (Lipinski definition) is 3. The van der Waals surface area contributed by atoms with E-state index in [1.165, 1.54) is 25.3 Å². The lowest BCUT2D eigenvalue weighted by Gasteiger charge is -2.14. The van der Waals surface area contributed by atoms with Gasteiger partial charge in [-0.2, -0.15) is 0 Å². The Hall–Kier alpha value is -1.49. The maximum atomic E-state index is 13.7. The first-order valence-corrected chi connectivity index (χ1v) is 6.94. The van der Waals surface area contributed by atoms with Crippen molar-refractivity contribution in [3.63, 3.8) is 0 Å². The van der Waals surface area contributed by atoms with Gasteiger partial charge in [0, 0.05) is 17.1 Å². The molecule has 2 rings (SSSR count). The van der Waals surface area contributed by atoms with Gasteiger partial charge < -0.3 is 15.2 Å². The van der Waals surface area contributed by atoms with Gasteiger partial charge in [0.05, 0.1) is 12.1 Å². The molecule has 2 aromatic rings. The lowest BCUT2D eigenvalue weighted by atomic mass is 10.2.